The lowest BCUT2D eigenvalue weighted by Crippen LogP contribution is -2.52. The molecule has 2 aliphatic rings. The molecule has 0 aromatic heterocycles. The number of benzene rings is 2. The minimum Gasteiger partial charge on any atom is -0.490 e. The number of halogens is 1. The number of rotatable bonds is 6. The van der Waals surface area contributed by atoms with Gasteiger partial charge in [0.15, 0.2) is 11.5 Å². The fourth-order valence-corrected chi connectivity index (χ4v) is 5.29. The van der Waals surface area contributed by atoms with Gasteiger partial charge >= 0.3 is 0 Å². The molecule has 1 fully saturated rings. The van der Waals surface area contributed by atoms with Crippen molar-refractivity contribution in [2.24, 2.45) is 0 Å². The first kappa shape index (κ1) is 23.5. The first-order chi connectivity index (χ1) is 15.8. The molecule has 33 heavy (non-hydrogen) atoms. The molecule has 2 heterocycles. The van der Waals surface area contributed by atoms with Crippen molar-refractivity contribution in [3.8, 4) is 11.5 Å². The van der Waals surface area contributed by atoms with Gasteiger partial charge in [-0.3, -0.25) is 4.79 Å². The van der Waals surface area contributed by atoms with Gasteiger partial charge in [0.2, 0.25) is 15.9 Å². The Bertz CT molecular complexity index is 1090. The molecule has 1 atom stereocenters. The Morgan fingerprint density at radius 2 is 1.70 bits per heavy atom. The van der Waals surface area contributed by atoms with E-state index in [1.54, 1.807) is 23.1 Å². The number of carbonyl (C=O) groups is 1. The summed E-state index contributed by atoms with van der Waals surface area (Å²) in [6, 6.07) is 10.7. The molecule has 1 amide bonds. The number of piperazine rings is 1. The van der Waals surface area contributed by atoms with Gasteiger partial charge in [-0.2, -0.15) is 4.31 Å². The number of nitrogens with one attached hydrogen (secondary N) is 1. The quantitative estimate of drug-likeness (QED) is 0.686. The number of ether oxygens (including phenoxy) is 2. The van der Waals surface area contributed by atoms with Crippen molar-refractivity contribution in [3.63, 3.8) is 0 Å². The SMILES string of the molecule is C[C@H](NCC(=O)N1CCN(S(=O)(=O)c2ccc3c(c2)OCCCO3)CC1)c1ccc(F)cc1. The molecule has 2 aliphatic heterocycles. The predicted molar refractivity (Wildman–Crippen MR) is 120 cm³/mol. The zero-order chi connectivity index (χ0) is 23.4. The van der Waals surface area contributed by atoms with Gasteiger partial charge in [0, 0.05) is 44.7 Å². The molecule has 8 nitrogen and oxygen atoms in total. The van der Waals surface area contributed by atoms with Crippen LogP contribution in [0.3, 0.4) is 0 Å². The van der Waals surface area contributed by atoms with Gasteiger partial charge in [0.1, 0.15) is 5.82 Å². The number of fused-ring (bicyclic) bond motifs is 1. The summed E-state index contributed by atoms with van der Waals surface area (Å²) in [5.41, 5.74) is 0.884. The summed E-state index contributed by atoms with van der Waals surface area (Å²) in [7, 11) is -3.71. The second-order valence-electron chi connectivity index (χ2n) is 8.10. The fraction of sp³-hybridized carbons (Fsp3) is 0.435. The van der Waals surface area contributed by atoms with Crippen molar-refractivity contribution < 1.29 is 27.1 Å². The summed E-state index contributed by atoms with van der Waals surface area (Å²) in [6.45, 7) is 4.10. The first-order valence-electron chi connectivity index (χ1n) is 11.0. The number of hydrogen-bond donors (Lipinski definition) is 1. The van der Waals surface area contributed by atoms with Crippen LogP contribution < -0.4 is 14.8 Å². The van der Waals surface area contributed by atoms with Crippen LogP contribution in [0.5, 0.6) is 11.5 Å². The lowest BCUT2D eigenvalue weighted by Gasteiger charge is -2.34. The smallest absolute Gasteiger partial charge is 0.243 e. The summed E-state index contributed by atoms with van der Waals surface area (Å²) >= 11 is 0. The van der Waals surface area contributed by atoms with Gasteiger partial charge in [-0.25, -0.2) is 12.8 Å². The molecule has 0 spiro atoms. The van der Waals surface area contributed by atoms with Crippen molar-refractivity contribution in [1.82, 2.24) is 14.5 Å². The summed E-state index contributed by atoms with van der Waals surface area (Å²) in [5.74, 6) is 0.575. The van der Waals surface area contributed by atoms with Crippen molar-refractivity contribution in [2.45, 2.75) is 24.3 Å². The Morgan fingerprint density at radius 1 is 1.03 bits per heavy atom. The number of sulfonamides is 1. The van der Waals surface area contributed by atoms with Crippen LogP contribution in [0.25, 0.3) is 0 Å². The first-order valence-corrected chi connectivity index (χ1v) is 12.4. The fourth-order valence-electron chi connectivity index (χ4n) is 3.85. The van der Waals surface area contributed by atoms with Crippen molar-refractivity contribution in [2.75, 3.05) is 45.9 Å². The van der Waals surface area contributed by atoms with Crippen LogP contribution in [0.2, 0.25) is 0 Å². The lowest BCUT2D eigenvalue weighted by molar-refractivity contribution is -0.131. The highest BCUT2D eigenvalue weighted by Crippen LogP contribution is 2.33. The van der Waals surface area contributed by atoms with Gasteiger partial charge < -0.3 is 19.7 Å². The van der Waals surface area contributed by atoms with E-state index in [4.69, 9.17) is 9.47 Å². The van der Waals surface area contributed by atoms with Crippen LogP contribution in [0.1, 0.15) is 24.9 Å². The molecule has 0 bridgehead atoms. The van der Waals surface area contributed by atoms with E-state index in [2.05, 4.69) is 5.32 Å². The minimum atomic E-state index is -3.71. The van der Waals surface area contributed by atoms with E-state index in [-0.39, 0.29) is 42.3 Å². The molecule has 0 aliphatic carbocycles. The largest absolute Gasteiger partial charge is 0.490 e. The normalized spacial score (nSPS) is 17.9. The molecule has 0 radical (unpaired) electrons. The Labute approximate surface area is 193 Å². The van der Waals surface area contributed by atoms with E-state index in [0.29, 0.717) is 37.8 Å². The van der Waals surface area contributed by atoms with Crippen LogP contribution in [-0.2, 0) is 14.8 Å². The van der Waals surface area contributed by atoms with Crippen LogP contribution in [-0.4, -0.2) is 69.5 Å². The van der Waals surface area contributed by atoms with Crippen LogP contribution in [0.4, 0.5) is 4.39 Å². The third-order valence-corrected chi connectivity index (χ3v) is 7.77. The van der Waals surface area contributed by atoms with E-state index < -0.39 is 10.0 Å². The molecule has 4 rings (SSSR count). The Hall–Kier alpha value is -2.69. The molecule has 10 heteroatoms. The maximum Gasteiger partial charge on any atom is 0.243 e. The van der Waals surface area contributed by atoms with Crippen LogP contribution >= 0.6 is 0 Å². The Kier molecular flexibility index (Phi) is 7.16. The van der Waals surface area contributed by atoms with Crippen molar-refractivity contribution in [3.05, 3.63) is 53.8 Å². The maximum absolute atomic E-state index is 13.1. The van der Waals surface area contributed by atoms with E-state index in [9.17, 15) is 17.6 Å². The molecule has 2 aromatic carbocycles. The van der Waals surface area contributed by atoms with Gasteiger partial charge in [-0.1, -0.05) is 12.1 Å². The molecular formula is C23H28FN3O5S. The predicted octanol–water partition coefficient (Wildman–Crippen LogP) is 2.17. The average Bonchev–Trinajstić information content (AvgIpc) is 3.08. The monoisotopic (exact) mass is 477 g/mol. The Morgan fingerprint density at radius 3 is 2.39 bits per heavy atom. The number of nitrogens with zero attached hydrogens (tertiary/aromatic N) is 2. The summed E-state index contributed by atoms with van der Waals surface area (Å²) in [4.78, 5) is 14.4. The number of hydrogen-bond acceptors (Lipinski definition) is 6. The van der Waals surface area contributed by atoms with Crippen molar-refractivity contribution in [1.29, 1.82) is 0 Å². The molecule has 0 unspecified atom stereocenters. The van der Waals surface area contributed by atoms with Gasteiger partial charge in [-0.05, 0) is 36.8 Å². The highest BCUT2D eigenvalue weighted by atomic mass is 32.2. The summed E-state index contributed by atoms with van der Waals surface area (Å²) in [5, 5.41) is 3.15. The molecule has 1 saturated heterocycles. The third kappa shape index (κ3) is 5.45. The molecule has 0 saturated carbocycles. The molecule has 178 valence electrons. The third-order valence-electron chi connectivity index (χ3n) is 5.88. The molecule has 2 aromatic rings. The zero-order valence-corrected chi connectivity index (χ0v) is 19.3. The second kappa shape index (κ2) is 10.1. The van der Waals surface area contributed by atoms with E-state index >= 15 is 0 Å². The highest BCUT2D eigenvalue weighted by molar-refractivity contribution is 7.89. The summed E-state index contributed by atoms with van der Waals surface area (Å²) < 4.78 is 51.9. The minimum absolute atomic E-state index is 0.100. The average molecular weight is 478 g/mol. The molecular weight excluding hydrogens is 449 g/mol. The lowest BCUT2D eigenvalue weighted by atomic mass is 10.1. The van der Waals surface area contributed by atoms with Crippen LogP contribution in [0, 0.1) is 5.82 Å². The molecule has 1 N–H and O–H groups in total. The highest BCUT2D eigenvalue weighted by Gasteiger charge is 2.31. The van der Waals surface area contributed by atoms with E-state index in [1.165, 1.54) is 28.6 Å². The Balaban J connectivity index is 1.32. The summed E-state index contributed by atoms with van der Waals surface area (Å²) in [6.07, 6.45) is 0.740. The van der Waals surface area contributed by atoms with Gasteiger partial charge in [0.25, 0.3) is 0 Å². The van der Waals surface area contributed by atoms with Gasteiger partial charge in [0.05, 0.1) is 24.7 Å². The topological polar surface area (TPSA) is 88.2 Å². The van der Waals surface area contributed by atoms with Gasteiger partial charge in [-0.15, -0.1) is 0 Å². The maximum atomic E-state index is 13.1. The second-order valence-corrected chi connectivity index (χ2v) is 10.0. The number of carbonyl (C=O) groups excluding carboxylic acids is 1. The number of amides is 1. The van der Waals surface area contributed by atoms with Crippen molar-refractivity contribution >= 4 is 15.9 Å². The standard InChI is InChI=1S/C23H28FN3O5S/c1-17(18-3-5-19(24)6-4-18)25-16-23(28)26-9-11-27(12-10-26)33(29,30)20-7-8-21-22(15-20)32-14-2-13-31-21/h3-8,15,17,25H,2,9-14,16H2,1H3/t17-/m0/s1. The van der Waals surface area contributed by atoms with E-state index in [0.717, 1.165) is 12.0 Å². The zero-order valence-electron chi connectivity index (χ0n) is 18.5. The van der Waals surface area contributed by atoms with Crippen LogP contribution in [0.15, 0.2) is 47.4 Å². The van der Waals surface area contributed by atoms with E-state index in [1.807, 2.05) is 6.92 Å².